The number of carbonyl (C=O) groups excluding carboxylic acids is 1. The van der Waals surface area contributed by atoms with Crippen molar-refractivity contribution in [1.29, 1.82) is 0 Å². The van der Waals surface area contributed by atoms with Gasteiger partial charge in [-0.3, -0.25) is 14.3 Å². The van der Waals surface area contributed by atoms with Gasteiger partial charge in [0.2, 0.25) is 0 Å². The predicted molar refractivity (Wildman–Crippen MR) is 120 cm³/mol. The Balaban J connectivity index is 1.15. The predicted octanol–water partition coefficient (Wildman–Crippen LogP) is 2.47. The molecule has 0 saturated carbocycles. The Morgan fingerprint density at radius 1 is 1.09 bits per heavy atom. The van der Waals surface area contributed by atoms with Gasteiger partial charge in [-0.15, -0.1) is 0 Å². The first-order chi connectivity index (χ1) is 15.4. The van der Waals surface area contributed by atoms with Crippen molar-refractivity contribution in [3.05, 3.63) is 77.2 Å². The number of nitrogens with zero attached hydrogens (tertiary/aromatic N) is 4. The highest BCUT2D eigenvalue weighted by molar-refractivity contribution is 5.94. The van der Waals surface area contributed by atoms with Gasteiger partial charge in [-0.2, -0.15) is 5.10 Å². The number of rotatable bonds is 7. The van der Waals surface area contributed by atoms with Gasteiger partial charge in [-0.1, -0.05) is 42.5 Å². The third kappa shape index (κ3) is 3.88. The monoisotopic (exact) mass is 432 g/mol. The molecule has 1 amide bonds. The van der Waals surface area contributed by atoms with Crippen molar-refractivity contribution >= 4 is 11.9 Å². The van der Waals surface area contributed by atoms with Crippen molar-refractivity contribution in [3.63, 3.8) is 0 Å². The normalized spacial score (nSPS) is 21.7. The lowest BCUT2D eigenvalue weighted by Crippen LogP contribution is -2.60. The van der Waals surface area contributed by atoms with E-state index in [0.29, 0.717) is 18.7 Å². The fraction of sp³-hybridized carbons (Fsp3) is 0.400. The van der Waals surface area contributed by atoms with E-state index in [4.69, 9.17) is 0 Å². The fourth-order valence-electron chi connectivity index (χ4n) is 5.38. The number of carboxylic acid groups (broad SMARTS) is 1. The standard InChI is InChI=1S/C25H28N4O3/c1-27-15-25(16-27)17-28(14-22(25)24(31)32)23(30)21-11-26-29(13-21)12-20-9-19(10-20)8-7-18-5-3-2-4-6-18/h2-6,9-11,13,22H,7-8,12,14-17H2,1H3,(H,31,32). The SMILES string of the molecule is CN1CC2(C1)CN(C(=O)c1cnn(CC3=CC(CCc4ccccc4)=C3)c1)CC2C(=O)O. The molecule has 3 aliphatic rings. The minimum atomic E-state index is -0.809. The molecule has 1 unspecified atom stereocenters. The summed E-state index contributed by atoms with van der Waals surface area (Å²) in [5.41, 5.74) is 4.07. The second-order valence-corrected chi connectivity index (χ2v) is 9.46. The Labute approximate surface area is 187 Å². The van der Waals surface area contributed by atoms with Crippen LogP contribution in [0.25, 0.3) is 0 Å². The van der Waals surface area contributed by atoms with Gasteiger partial charge in [0.05, 0.1) is 24.2 Å². The second kappa shape index (κ2) is 8.06. The van der Waals surface area contributed by atoms with Gasteiger partial charge in [0.25, 0.3) is 5.91 Å². The van der Waals surface area contributed by atoms with Crippen LogP contribution in [0.3, 0.4) is 0 Å². The Morgan fingerprint density at radius 3 is 2.53 bits per heavy atom. The highest BCUT2D eigenvalue weighted by Gasteiger charge is 2.57. The summed E-state index contributed by atoms with van der Waals surface area (Å²) in [7, 11) is 1.98. The lowest BCUT2D eigenvalue weighted by Gasteiger charge is -2.48. The van der Waals surface area contributed by atoms with Crippen molar-refractivity contribution in [2.75, 3.05) is 33.2 Å². The minimum absolute atomic E-state index is 0.129. The molecule has 1 aromatic carbocycles. The smallest absolute Gasteiger partial charge is 0.309 e. The summed E-state index contributed by atoms with van der Waals surface area (Å²) < 4.78 is 1.78. The zero-order chi connectivity index (χ0) is 22.3. The lowest BCUT2D eigenvalue weighted by molar-refractivity contribution is -0.149. The lowest BCUT2D eigenvalue weighted by atomic mass is 9.72. The molecule has 5 rings (SSSR count). The van der Waals surface area contributed by atoms with Crippen LogP contribution >= 0.6 is 0 Å². The molecule has 7 nitrogen and oxygen atoms in total. The maximum atomic E-state index is 13.0. The van der Waals surface area contributed by atoms with E-state index in [0.717, 1.165) is 25.9 Å². The third-order valence-corrected chi connectivity index (χ3v) is 6.91. The first kappa shape index (κ1) is 20.7. The van der Waals surface area contributed by atoms with E-state index in [-0.39, 0.29) is 17.9 Å². The van der Waals surface area contributed by atoms with Crippen LogP contribution in [0.2, 0.25) is 0 Å². The van der Waals surface area contributed by atoms with Gasteiger partial charge in [0.1, 0.15) is 0 Å². The van der Waals surface area contributed by atoms with Crippen molar-refractivity contribution in [1.82, 2.24) is 19.6 Å². The summed E-state index contributed by atoms with van der Waals surface area (Å²) in [6, 6.07) is 10.5. The quantitative estimate of drug-likeness (QED) is 0.727. The molecular weight excluding hydrogens is 404 g/mol. The summed E-state index contributed by atoms with van der Waals surface area (Å²) in [5.74, 6) is -1.44. The number of carbonyl (C=O) groups is 2. The number of aromatic nitrogens is 2. The second-order valence-electron chi connectivity index (χ2n) is 9.46. The number of amides is 1. The van der Waals surface area contributed by atoms with Crippen LogP contribution in [0.5, 0.6) is 0 Å². The van der Waals surface area contributed by atoms with Gasteiger partial charge in [-0.05, 0) is 36.6 Å². The fourth-order valence-corrected chi connectivity index (χ4v) is 5.38. The van der Waals surface area contributed by atoms with E-state index in [2.05, 4.69) is 46.4 Å². The van der Waals surface area contributed by atoms with Gasteiger partial charge >= 0.3 is 5.97 Å². The van der Waals surface area contributed by atoms with Gasteiger partial charge in [-0.25, -0.2) is 0 Å². The molecule has 2 aliphatic heterocycles. The van der Waals surface area contributed by atoms with Crippen molar-refractivity contribution in [2.45, 2.75) is 19.4 Å². The van der Waals surface area contributed by atoms with Gasteiger partial charge in [0.15, 0.2) is 0 Å². The van der Waals surface area contributed by atoms with Crippen LogP contribution in [0, 0.1) is 11.3 Å². The number of hydrogen-bond donors (Lipinski definition) is 1. The topological polar surface area (TPSA) is 78.7 Å². The Bertz CT molecular complexity index is 1100. The molecule has 2 fully saturated rings. The van der Waals surface area contributed by atoms with E-state index < -0.39 is 11.9 Å². The molecule has 1 atom stereocenters. The zero-order valence-corrected chi connectivity index (χ0v) is 18.3. The zero-order valence-electron chi connectivity index (χ0n) is 18.3. The molecule has 0 radical (unpaired) electrons. The van der Waals surface area contributed by atoms with E-state index >= 15 is 0 Å². The van der Waals surface area contributed by atoms with Gasteiger partial charge in [0, 0.05) is 37.8 Å². The molecule has 0 bridgehead atoms. The summed E-state index contributed by atoms with van der Waals surface area (Å²) in [4.78, 5) is 28.6. The number of aliphatic carboxylic acids is 1. The number of carboxylic acids is 1. The molecule has 1 spiro atoms. The maximum Gasteiger partial charge on any atom is 0.309 e. The number of hydrogen-bond acceptors (Lipinski definition) is 4. The molecular formula is C25H28N4O3. The van der Waals surface area contributed by atoms with Gasteiger partial charge < -0.3 is 14.9 Å². The summed E-state index contributed by atoms with van der Waals surface area (Å²) in [6.45, 7) is 2.84. The average Bonchev–Trinajstić information content (AvgIpc) is 3.35. The molecule has 7 heteroatoms. The van der Waals surface area contributed by atoms with Crippen molar-refractivity contribution in [2.24, 2.45) is 11.3 Å². The molecule has 32 heavy (non-hydrogen) atoms. The average molecular weight is 433 g/mol. The Morgan fingerprint density at radius 2 is 1.84 bits per heavy atom. The number of allylic oxidation sites excluding steroid dienone is 4. The van der Waals surface area contributed by atoms with E-state index in [9.17, 15) is 14.7 Å². The Hall–Kier alpha value is -3.19. The minimum Gasteiger partial charge on any atom is -0.481 e. The molecule has 1 aliphatic carbocycles. The highest BCUT2D eigenvalue weighted by atomic mass is 16.4. The maximum absolute atomic E-state index is 13.0. The molecule has 2 aromatic rings. The summed E-state index contributed by atoms with van der Waals surface area (Å²) in [5, 5.41) is 14.0. The molecule has 1 aromatic heterocycles. The first-order valence-corrected chi connectivity index (χ1v) is 11.1. The first-order valence-electron chi connectivity index (χ1n) is 11.1. The van der Waals surface area contributed by atoms with Crippen molar-refractivity contribution in [3.8, 4) is 0 Å². The van der Waals surface area contributed by atoms with Crippen LogP contribution in [0.4, 0.5) is 0 Å². The van der Waals surface area contributed by atoms with Crippen LogP contribution < -0.4 is 0 Å². The van der Waals surface area contributed by atoms with E-state index in [1.165, 1.54) is 16.7 Å². The highest BCUT2D eigenvalue weighted by Crippen LogP contribution is 2.43. The number of aryl methyl sites for hydroxylation is 1. The van der Waals surface area contributed by atoms with Crippen LogP contribution in [0.15, 0.2) is 66.0 Å². The van der Waals surface area contributed by atoms with Crippen LogP contribution in [0.1, 0.15) is 22.3 Å². The van der Waals surface area contributed by atoms with Crippen LogP contribution in [-0.4, -0.2) is 69.8 Å². The molecule has 166 valence electrons. The third-order valence-electron chi connectivity index (χ3n) is 6.91. The molecule has 3 heterocycles. The van der Waals surface area contributed by atoms with E-state index in [1.54, 1.807) is 22.0 Å². The molecule has 2 saturated heterocycles. The van der Waals surface area contributed by atoms with Crippen LogP contribution in [-0.2, 0) is 17.8 Å². The Kier molecular flexibility index (Phi) is 5.21. The number of likely N-dealkylation sites (tertiary alicyclic amines) is 2. The van der Waals surface area contributed by atoms with Crippen molar-refractivity contribution < 1.29 is 14.7 Å². The van der Waals surface area contributed by atoms with E-state index in [1.807, 2.05) is 13.1 Å². The number of benzene rings is 1. The summed E-state index contributed by atoms with van der Waals surface area (Å²) >= 11 is 0. The summed E-state index contributed by atoms with van der Waals surface area (Å²) in [6.07, 6.45) is 9.80. The molecule has 1 N–H and O–H groups in total. The largest absolute Gasteiger partial charge is 0.481 e.